The first-order valence-electron chi connectivity index (χ1n) is 5.47. The van der Waals surface area contributed by atoms with Crippen LogP contribution in [0.2, 0.25) is 0 Å². The molecule has 1 fully saturated rings. The van der Waals surface area contributed by atoms with Crippen molar-refractivity contribution in [2.75, 3.05) is 32.6 Å². The van der Waals surface area contributed by atoms with Crippen molar-refractivity contribution < 1.29 is 9.13 Å². The zero-order valence-corrected chi connectivity index (χ0v) is 9.66. The summed E-state index contributed by atoms with van der Waals surface area (Å²) in [4.78, 5) is 2.27. The van der Waals surface area contributed by atoms with Gasteiger partial charge in [0.15, 0.2) is 0 Å². The number of hydrogen-bond donors (Lipinski definition) is 1. The summed E-state index contributed by atoms with van der Waals surface area (Å²) >= 11 is 0. The van der Waals surface area contributed by atoms with Crippen molar-refractivity contribution in [2.24, 2.45) is 0 Å². The van der Waals surface area contributed by atoms with Gasteiger partial charge in [0.25, 0.3) is 0 Å². The smallest absolute Gasteiger partial charge is 0.144 e. The molecule has 1 atom stereocenters. The number of hydrogen-bond acceptors (Lipinski definition) is 3. The summed E-state index contributed by atoms with van der Waals surface area (Å²) in [6.45, 7) is 2.11. The molecule has 1 unspecified atom stereocenters. The summed E-state index contributed by atoms with van der Waals surface area (Å²) < 4.78 is 18.1. The van der Waals surface area contributed by atoms with Gasteiger partial charge in [-0.3, -0.25) is 0 Å². The molecule has 0 saturated carbocycles. The van der Waals surface area contributed by atoms with Crippen LogP contribution in [-0.2, 0) is 0 Å². The first-order valence-corrected chi connectivity index (χ1v) is 5.47. The van der Waals surface area contributed by atoms with Gasteiger partial charge < -0.3 is 15.0 Å². The quantitative estimate of drug-likeness (QED) is 0.849. The summed E-state index contributed by atoms with van der Waals surface area (Å²) in [7, 11) is 3.66. The Morgan fingerprint density at radius 3 is 2.94 bits per heavy atom. The fraction of sp³-hybridized carbons (Fsp3) is 0.500. The van der Waals surface area contributed by atoms with Crippen LogP contribution in [0.25, 0.3) is 0 Å². The van der Waals surface area contributed by atoms with Gasteiger partial charge in [0.05, 0.1) is 12.8 Å². The number of likely N-dealkylation sites (N-methyl/N-ethyl adjacent to an activating group) is 1. The van der Waals surface area contributed by atoms with E-state index in [0.29, 0.717) is 11.8 Å². The van der Waals surface area contributed by atoms with E-state index in [2.05, 4.69) is 17.3 Å². The molecular weight excluding hydrogens is 207 g/mol. The minimum absolute atomic E-state index is 0.272. The van der Waals surface area contributed by atoms with Crippen LogP contribution in [0.4, 0.5) is 10.1 Å². The molecule has 0 bridgehead atoms. The van der Waals surface area contributed by atoms with Crippen molar-refractivity contribution in [3.63, 3.8) is 0 Å². The van der Waals surface area contributed by atoms with Gasteiger partial charge in [-0.25, -0.2) is 4.39 Å². The molecule has 16 heavy (non-hydrogen) atoms. The summed E-state index contributed by atoms with van der Waals surface area (Å²) in [5.74, 6) is 0.292. The average Bonchev–Trinajstić information content (AvgIpc) is 2.67. The van der Waals surface area contributed by atoms with E-state index in [4.69, 9.17) is 4.74 Å². The van der Waals surface area contributed by atoms with E-state index < -0.39 is 0 Å². The Morgan fingerprint density at radius 2 is 2.31 bits per heavy atom. The summed E-state index contributed by atoms with van der Waals surface area (Å²) in [5, 5.41) is 3.38. The molecule has 4 heteroatoms. The highest BCUT2D eigenvalue weighted by Gasteiger charge is 2.20. The van der Waals surface area contributed by atoms with E-state index in [1.807, 2.05) is 0 Å². The molecule has 0 radical (unpaired) electrons. The third-order valence-corrected chi connectivity index (χ3v) is 2.91. The number of ether oxygens (including phenoxy) is 1. The molecule has 1 aromatic carbocycles. The van der Waals surface area contributed by atoms with Gasteiger partial charge in [-0.2, -0.15) is 0 Å². The van der Waals surface area contributed by atoms with Crippen molar-refractivity contribution in [1.29, 1.82) is 0 Å². The molecule has 1 N–H and O–H groups in total. The van der Waals surface area contributed by atoms with Crippen molar-refractivity contribution in [3.8, 4) is 5.75 Å². The molecule has 1 heterocycles. The second-order valence-corrected chi connectivity index (χ2v) is 4.24. The monoisotopic (exact) mass is 224 g/mol. The van der Waals surface area contributed by atoms with E-state index in [9.17, 15) is 4.39 Å². The molecule has 0 spiro atoms. The molecular formula is C12H17FN2O. The Hall–Kier alpha value is -1.29. The number of benzene rings is 1. The van der Waals surface area contributed by atoms with Crippen LogP contribution in [-0.4, -0.2) is 38.2 Å². The lowest BCUT2D eigenvalue weighted by Gasteiger charge is -2.16. The Balaban J connectivity index is 2.08. The molecule has 0 aromatic heterocycles. The minimum Gasteiger partial charge on any atom is -0.494 e. The normalized spacial score (nSPS) is 21.1. The molecule has 1 aliphatic rings. The summed E-state index contributed by atoms with van der Waals surface area (Å²) in [5.41, 5.74) is 0.865. The van der Waals surface area contributed by atoms with Crippen molar-refractivity contribution in [3.05, 3.63) is 24.0 Å². The second kappa shape index (κ2) is 4.70. The van der Waals surface area contributed by atoms with Gasteiger partial charge in [-0.05, 0) is 32.1 Å². The van der Waals surface area contributed by atoms with Crippen LogP contribution in [0, 0.1) is 5.82 Å². The van der Waals surface area contributed by atoms with Crippen LogP contribution in [0.1, 0.15) is 6.42 Å². The van der Waals surface area contributed by atoms with Crippen LogP contribution in [0.15, 0.2) is 18.2 Å². The zero-order valence-electron chi connectivity index (χ0n) is 9.66. The molecule has 0 aliphatic carbocycles. The average molecular weight is 224 g/mol. The molecule has 1 aromatic rings. The number of anilines is 1. The maximum Gasteiger partial charge on any atom is 0.144 e. The second-order valence-electron chi connectivity index (χ2n) is 4.24. The first kappa shape index (κ1) is 11.2. The SMILES string of the molecule is COc1cc(F)ccc1NC1CCN(C)C1. The highest BCUT2D eigenvalue weighted by atomic mass is 19.1. The standard InChI is InChI=1S/C12H17FN2O/c1-15-6-5-10(8-15)14-11-4-3-9(13)7-12(11)16-2/h3-4,7,10,14H,5-6,8H2,1-2H3. The number of nitrogens with one attached hydrogen (secondary N) is 1. The van der Waals surface area contributed by atoms with Gasteiger partial charge in [0, 0.05) is 18.7 Å². The number of methoxy groups -OCH3 is 1. The fourth-order valence-corrected chi connectivity index (χ4v) is 2.06. The largest absolute Gasteiger partial charge is 0.494 e. The highest BCUT2D eigenvalue weighted by Crippen LogP contribution is 2.26. The molecule has 3 nitrogen and oxygen atoms in total. The van der Waals surface area contributed by atoms with Crippen LogP contribution < -0.4 is 10.1 Å². The lowest BCUT2D eigenvalue weighted by atomic mass is 10.2. The van der Waals surface area contributed by atoms with Gasteiger partial charge in [-0.15, -0.1) is 0 Å². The molecule has 1 saturated heterocycles. The van der Waals surface area contributed by atoms with E-state index in [1.54, 1.807) is 13.2 Å². The maximum absolute atomic E-state index is 13.0. The Bertz CT molecular complexity index is 370. The summed E-state index contributed by atoms with van der Waals surface area (Å²) in [6, 6.07) is 5.00. The van der Waals surface area contributed by atoms with Gasteiger partial charge >= 0.3 is 0 Å². The lowest BCUT2D eigenvalue weighted by molar-refractivity contribution is 0.408. The predicted octanol–water partition coefficient (Wildman–Crippen LogP) is 1.95. The highest BCUT2D eigenvalue weighted by molar-refractivity contribution is 5.57. The van der Waals surface area contributed by atoms with E-state index in [1.165, 1.54) is 12.1 Å². The number of halogens is 1. The lowest BCUT2D eigenvalue weighted by Crippen LogP contribution is -2.23. The Morgan fingerprint density at radius 1 is 1.50 bits per heavy atom. The fourth-order valence-electron chi connectivity index (χ4n) is 2.06. The van der Waals surface area contributed by atoms with Crippen LogP contribution >= 0.6 is 0 Å². The summed E-state index contributed by atoms with van der Waals surface area (Å²) in [6.07, 6.45) is 1.11. The molecule has 88 valence electrons. The van der Waals surface area contributed by atoms with E-state index in [-0.39, 0.29) is 5.82 Å². The molecule has 2 rings (SSSR count). The number of rotatable bonds is 3. The minimum atomic E-state index is -0.272. The topological polar surface area (TPSA) is 24.5 Å². The first-order chi connectivity index (χ1) is 7.69. The van der Waals surface area contributed by atoms with Gasteiger partial charge in [-0.1, -0.05) is 0 Å². The van der Waals surface area contributed by atoms with E-state index >= 15 is 0 Å². The van der Waals surface area contributed by atoms with Crippen LogP contribution in [0.5, 0.6) is 5.75 Å². The van der Waals surface area contributed by atoms with Crippen molar-refractivity contribution in [1.82, 2.24) is 4.90 Å². The third kappa shape index (κ3) is 2.44. The van der Waals surface area contributed by atoms with Crippen molar-refractivity contribution in [2.45, 2.75) is 12.5 Å². The van der Waals surface area contributed by atoms with Gasteiger partial charge in [0.1, 0.15) is 11.6 Å². The zero-order chi connectivity index (χ0) is 11.5. The maximum atomic E-state index is 13.0. The molecule has 0 amide bonds. The molecule has 1 aliphatic heterocycles. The number of likely N-dealkylation sites (tertiary alicyclic amines) is 1. The Kier molecular flexibility index (Phi) is 3.29. The van der Waals surface area contributed by atoms with Gasteiger partial charge in [0.2, 0.25) is 0 Å². The third-order valence-electron chi connectivity index (χ3n) is 2.91. The van der Waals surface area contributed by atoms with Crippen LogP contribution in [0.3, 0.4) is 0 Å². The van der Waals surface area contributed by atoms with Crippen molar-refractivity contribution >= 4 is 5.69 Å². The number of nitrogens with zero attached hydrogens (tertiary/aromatic N) is 1. The van der Waals surface area contributed by atoms with E-state index in [0.717, 1.165) is 25.2 Å². The predicted molar refractivity (Wildman–Crippen MR) is 62.5 cm³/mol. The Labute approximate surface area is 95.2 Å².